The third-order valence-corrected chi connectivity index (χ3v) is 2.68. The third kappa shape index (κ3) is 4.97. The van der Waals surface area contributed by atoms with Gasteiger partial charge in [-0.1, -0.05) is 37.6 Å². The number of aliphatic hydroxyl groups excluding tert-OH is 1. The van der Waals surface area contributed by atoms with Gasteiger partial charge in [0.2, 0.25) is 0 Å². The standard InChI is InChI=1S/C13H20ClNO/c1-10(2)8-15-13(9-16)7-11-3-5-12(14)6-4-11/h3-6,10,13,15-16H,7-9H2,1-2H3/t13-/m0/s1. The Balaban J connectivity index is 2.46. The lowest BCUT2D eigenvalue weighted by Gasteiger charge is -2.17. The lowest BCUT2D eigenvalue weighted by atomic mass is 10.1. The lowest BCUT2D eigenvalue weighted by Crippen LogP contribution is -2.36. The van der Waals surface area contributed by atoms with Crippen molar-refractivity contribution in [2.45, 2.75) is 26.3 Å². The van der Waals surface area contributed by atoms with Crippen LogP contribution >= 0.6 is 11.6 Å². The van der Waals surface area contributed by atoms with Crippen LogP contribution in [0.1, 0.15) is 19.4 Å². The van der Waals surface area contributed by atoms with Crippen LogP contribution in [0.25, 0.3) is 0 Å². The van der Waals surface area contributed by atoms with Crippen molar-refractivity contribution in [3.63, 3.8) is 0 Å². The van der Waals surface area contributed by atoms with Crippen molar-refractivity contribution in [2.24, 2.45) is 5.92 Å². The normalized spacial score (nSPS) is 13.1. The largest absolute Gasteiger partial charge is 0.395 e. The van der Waals surface area contributed by atoms with E-state index in [2.05, 4.69) is 19.2 Å². The van der Waals surface area contributed by atoms with E-state index in [1.165, 1.54) is 5.56 Å². The van der Waals surface area contributed by atoms with Gasteiger partial charge in [-0.05, 0) is 36.6 Å². The van der Waals surface area contributed by atoms with Gasteiger partial charge in [-0.15, -0.1) is 0 Å². The van der Waals surface area contributed by atoms with Crippen LogP contribution in [-0.4, -0.2) is 24.3 Å². The number of aliphatic hydroxyl groups is 1. The maximum atomic E-state index is 9.27. The Morgan fingerprint density at radius 1 is 1.25 bits per heavy atom. The van der Waals surface area contributed by atoms with Crippen molar-refractivity contribution >= 4 is 11.6 Å². The fourth-order valence-corrected chi connectivity index (χ4v) is 1.63. The van der Waals surface area contributed by atoms with E-state index in [4.69, 9.17) is 11.6 Å². The molecule has 1 atom stereocenters. The first-order valence-corrected chi connectivity index (χ1v) is 6.08. The van der Waals surface area contributed by atoms with E-state index in [-0.39, 0.29) is 12.6 Å². The van der Waals surface area contributed by atoms with E-state index >= 15 is 0 Å². The summed E-state index contributed by atoms with van der Waals surface area (Å²) < 4.78 is 0. The maximum Gasteiger partial charge on any atom is 0.0587 e. The van der Waals surface area contributed by atoms with E-state index in [0.717, 1.165) is 18.0 Å². The maximum absolute atomic E-state index is 9.27. The first-order chi connectivity index (χ1) is 7.61. The highest BCUT2D eigenvalue weighted by molar-refractivity contribution is 6.30. The minimum atomic E-state index is 0.128. The number of halogens is 1. The van der Waals surface area contributed by atoms with E-state index in [9.17, 15) is 5.11 Å². The zero-order valence-electron chi connectivity index (χ0n) is 9.91. The Bertz CT molecular complexity index is 297. The minimum Gasteiger partial charge on any atom is -0.395 e. The zero-order chi connectivity index (χ0) is 12.0. The van der Waals surface area contributed by atoms with Gasteiger partial charge in [0.15, 0.2) is 0 Å². The zero-order valence-corrected chi connectivity index (χ0v) is 10.7. The Hall–Kier alpha value is -0.570. The van der Waals surface area contributed by atoms with Crippen LogP contribution in [0.5, 0.6) is 0 Å². The van der Waals surface area contributed by atoms with E-state index < -0.39 is 0 Å². The second-order valence-corrected chi connectivity index (χ2v) is 4.95. The van der Waals surface area contributed by atoms with Gasteiger partial charge in [0.05, 0.1) is 6.61 Å². The van der Waals surface area contributed by atoms with Crippen LogP contribution in [0, 0.1) is 5.92 Å². The molecule has 0 aliphatic carbocycles. The number of hydrogen-bond donors (Lipinski definition) is 2. The Morgan fingerprint density at radius 2 is 1.88 bits per heavy atom. The van der Waals surface area contributed by atoms with Gasteiger partial charge in [0.1, 0.15) is 0 Å². The first kappa shape index (κ1) is 13.5. The smallest absolute Gasteiger partial charge is 0.0587 e. The Kier molecular flexibility index (Phi) is 5.81. The molecule has 0 saturated carbocycles. The third-order valence-electron chi connectivity index (χ3n) is 2.43. The highest BCUT2D eigenvalue weighted by Gasteiger charge is 2.08. The number of hydrogen-bond acceptors (Lipinski definition) is 2. The summed E-state index contributed by atoms with van der Waals surface area (Å²) in [5, 5.41) is 13.4. The molecule has 3 heteroatoms. The lowest BCUT2D eigenvalue weighted by molar-refractivity contribution is 0.238. The highest BCUT2D eigenvalue weighted by Crippen LogP contribution is 2.11. The Morgan fingerprint density at radius 3 is 2.38 bits per heavy atom. The highest BCUT2D eigenvalue weighted by atomic mass is 35.5. The minimum absolute atomic E-state index is 0.128. The average Bonchev–Trinajstić information content (AvgIpc) is 2.26. The SMILES string of the molecule is CC(C)CN[C@H](CO)Cc1ccc(Cl)cc1. The second kappa shape index (κ2) is 6.89. The van der Waals surface area contributed by atoms with Gasteiger partial charge >= 0.3 is 0 Å². The molecule has 90 valence electrons. The van der Waals surface area contributed by atoms with Gasteiger partial charge in [-0.3, -0.25) is 0 Å². The van der Waals surface area contributed by atoms with E-state index in [1.807, 2.05) is 24.3 Å². The molecule has 2 nitrogen and oxygen atoms in total. The summed E-state index contributed by atoms with van der Waals surface area (Å²) in [5.41, 5.74) is 1.19. The van der Waals surface area contributed by atoms with Crippen molar-refractivity contribution in [2.75, 3.05) is 13.2 Å². The summed E-state index contributed by atoms with van der Waals surface area (Å²) >= 11 is 5.82. The predicted octanol–water partition coefficient (Wildman–Crippen LogP) is 2.49. The molecule has 0 spiro atoms. The van der Waals surface area contributed by atoms with Crippen LogP contribution in [0.3, 0.4) is 0 Å². The number of nitrogens with one attached hydrogen (secondary N) is 1. The predicted molar refractivity (Wildman–Crippen MR) is 68.9 cm³/mol. The van der Waals surface area contributed by atoms with Gasteiger partial charge in [0.25, 0.3) is 0 Å². The quantitative estimate of drug-likeness (QED) is 0.802. The molecule has 0 aromatic heterocycles. The summed E-state index contributed by atoms with van der Waals surface area (Å²) in [5.74, 6) is 0.597. The summed E-state index contributed by atoms with van der Waals surface area (Å²) in [7, 11) is 0. The van der Waals surface area contributed by atoms with Crippen molar-refractivity contribution in [1.29, 1.82) is 0 Å². The van der Waals surface area contributed by atoms with Gasteiger partial charge in [-0.25, -0.2) is 0 Å². The topological polar surface area (TPSA) is 32.3 Å². The summed E-state index contributed by atoms with van der Waals surface area (Å²) in [6.07, 6.45) is 0.834. The fourth-order valence-electron chi connectivity index (χ4n) is 1.51. The van der Waals surface area contributed by atoms with E-state index in [1.54, 1.807) is 0 Å². The molecule has 0 aliphatic heterocycles. The van der Waals surface area contributed by atoms with Crippen molar-refractivity contribution in [3.8, 4) is 0 Å². The van der Waals surface area contributed by atoms with Crippen molar-refractivity contribution in [1.82, 2.24) is 5.32 Å². The molecule has 1 aromatic rings. The van der Waals surface area contributed by atoms with Crippen molar-refractivity contribution in [3.05, 3.63) is 34.9 Å². The summed E-state index contributed by atoms with van der Waals surface area (Å²) in [6.45, 7) is 5.40. The van der Waals surface area contributed by atoms with Crippen molar-refractivity contribution < 1.29 is 5.11 Å². The van der Waals surface area contributed by atoms with Crippen LogP contribution in [-0.2, 0) is 6.42 Å². The first-order valence-electron chi connectivity index (χ1n) is 5.70. The molecule has 0 bridgehead atoms. The summed E-state index contributed by atoms with van der Waals surface area (Å²) in [4.78, 5) is 0. The molecule has 0 saturated heterocycles. The molecule has 0 heterocycles. The van der Waals surface area contributed by atoms with Crippen LogP contribution < -0.4 is 5.32 Å². The average molecular weight is 242 g/mol. The molecule has 16 heavy (non-hydrogen) atoms. The molecule has 2 N–H and O–H groups in total. The molecule has 0 amide bonds. The van der Waals surface area contributed by atoms with Crippen LogP contribution in [0.4, 0.5) is 0 Å². The molecule has 0 radical (unpaired) electrons. The van der Waals surface area contributed by atoms with Crippen LogP contribution in [0.2, 0.25) is 5.02 Å². The monoisotopic (exact) mass is 241 g/mol. The van der Waals surface area contributed by atoms with Gasteiger partial charge in [-0.2, -0.15) is 0 Å². The molecule has 0 aliphatic rings. The summed E-state index contributed by atoms with van der Waals surface area (Å²) in [6, 6.07) is 7.90. The number of benzene rings is 1. The molecule has 1 rings (SSSR count). The Labute approximate surface area is 103 Å². The second-order valence-electron chi connectivity index (χ2n) is 4.51. The molecule has 1 aromatic carbocycles. The number of rotatable bonds is 6. The van der Waals surface area contributed by atoms with Crippen LogP contribution in [0.15, 0.2) is 24.3 Å². The van der Waals surface area contributed by atoms with Gasteiger partial charge < -0.3 is 10.4 Å². The molecule has 0 fully saturated rings. The molecular weight excluding hydrogens is 222 g/mol. The molecule has 0 unspecified atom stereocenters. The molecular formula is C13H20ClNO. The fraction of sp³-hybridized carbons (Fsp3) is 0.538. The van der Waals surface area contributed by atoms with E-state index in [0.29, 0.717) is 5.92 Å². The van der Waals surface area contributed by atoms with Gasteiger partial charge in [0, 0.05) is 11.1 Å².